The highest BCUT2D eigenvalue weighted by Crippen LogP contribution is 2.42. The minimum absolute atomic E-state index is 0.0890. The first-order chi connectivity index (χ1) is 7.21. The van der Waals surface area contributed by atoms with E-state index in [1.54, 1.807) is 11.3 Å². The van der Waals surface area contributed by atoms with Crippen LogP contribution in [0.5, 0.6) is 0 Å². The third-order valence-electron chi connectivity index (χ3n) is 3.06. The van der Waals surface area contributed by atoms with E-state index in [-0.39, 0.29) is 5.38 Å². The second-order valence-electron chi connectivity index (χ2n) is 5.25. The molecule has 1 heterocycles. The van der Waals surface area contributed by atoms with Crippen molar-refractivity contribution in [2.45, 2.75) is 39.5 Å². The maximum atomic E-state index is 6.48. The highest BCUT2D eigenvalue weighted by molar-refractivity contribution is 9.12. The molecule has 0 aliphatic carbocycles. The van der Waals surface area contributed by atoms with Gasteiger partial charge in [0.05, 0.1) is 12.9 Å². The summed E-state index contributed by atoms with van der Waals surface area (Å²) in [6.07, 6.45) is 1.01. The fourth-order valence-electron chi connectivity index (χ4n) is 1.36. The Morgan fingerprint density at radius 3 is 2.31 bits per heavy atom. The number of halogens is 3. The first-order valence-electron chi connectivity index (χ1n) is 5.30. The SMILES string of the molecule is CC(CC(Cl)c1cc(Br)sc1Br)C(C)(C)C. The summed E-state index contributed by atoms with van der Waals surface area (Å²) in [5, 5.41) is 0.0890. The van der Waals surface area contributed by atoms with E-state index in [1.807, 2.05) is 0 Å². The number of rotatable bonds is 3. The van der Waals surface area contributed by atoms with E-state index in [4.69, 9.17) is 11.6 Å². The van der Waals surface area contributed by atoms with Crippen LogP contribution in [0.3, 0.4) is 0 Å². The Balaban J connectivity index is 2.73. The lowest BCUT2D eigenvalue weighted by Crippen LogP contribution is -2.18. The zero-order valence-electron chi connectivity index (χ0n) is 9.98. The lowest BCUT2D eigenvalue weighted by molar-refractivity contribution is 0.245. The third kappa shape index (κ3) is 4.01. The van der Waals surface area contributed by atoms with Gasteiger partial charge in [0.15, 0.2) is 0 Å². The second-order valence-corrected chi connectivity index (χ2v) is 9.53. The Kier molecular flexibility index (Phi) is 5.37. The molecule has 16 heavy (non-hydrogen) atoms. The van der Waals surface area contributed by atoms with Crippen LogP contribution in [0.4, 0.5) is 0 Å². The molecule has 2 atom stereocenters. The zero-order valence-corrected chi connectivity index (χ0v) is 14.7. The molecular weight excluding hydrogens is 371 g/mol. The molecule has 1 rings (SSSR count). The molecule has 0 amide bonds. The van der Waals surface area contributed by atoms with Crippen molar-refractivity contribution in [3.63, 3.8) is 0 Å². The predicted molar refractivity (Wildman–Crippen MR) is 81.5 cm³/mol. The normalized spacial score (nSPS) is 16.2. The maximum absolute atomic E-state index is 6.48. The van der Waals surface area contributed by atoms with Gasteiger partial charge in [0.1, 0.15) is 0 Å². The summed E-state index contributed by atoms with van der Waals surface area (Å²) in [6.45, 7) is 9.06. The molecule has 0 aliphatic heterocycles. The van der Waals surface area contributed by atoms with Gasteiger partial charge in [0.25, 0.3) is 0 Å². The van der Waals surface area contributed by atoms with Crippen LogP contribution in [-0.4, -0.2) is 0 Å². The summed E-state index contributed by atoms with van der Waals surface area (Å²) < 4.78 is 2.27. The standard InChI is InChI=1S/C12H17Br2ClS/c1-7(12(2,3)4)5-9(15)8-6-10(13)16-11(8)14/h6-7,9H,5H2,1-4H3. The summed E-state index contributed by atoms with van der Waals surface area (Å²) in [5.41, 5.74) is 1.52. The Hall–Kier alpha value is 0.950. The van der Waals surface area contributed by atoms with E-state index < -0.39 is 0 Å². The van der Waals surface area contributed by atoms with Gasteiger partial charge in [-0.2, -0.15) is 0 Å². The van der Waals surface area contributed by atoms with E-state index in [9.17, 15) is 0 Å². The lowest BCUT2D eigenvalue weighted by atomic mass is 9.79. The summed E-state index contributed by atoms with van der Waals surface area (Å²) in [6, 6.07) is 2.11. The molecule has 1 aromatic heterocycles. The number of hydrogen-bond acceptors (Lipinski definition) is 1. The molecule has 1 aromatic rings. The molecule has 0 aliphatic rings. The van der Waals surface area contributed by atoms with Crippen LogP contribution in [0.15, 0.2) is 13.6 Å². The molecule has 0 saturated carbocycles. The van der Waals surface area contributed by atoms with Gasteiger partial charge in [0.2, 0.25) is 0 Å². The molecule has 0 fully saturated rings. The highest BCUT2D eigenvalue weighted by atomic mass is 79.9. The van der Waals surface area contributed by atoms with E-state index >= 15 is 0 Å². The molecule has 0 radical (unpaired) electrons. The van der Waals surface area contributed by atoms with Crippen LogP contribution < -0.4 is 0 Å². The van der Waals surface area contributed by atoms with Gasteiger partial charge in [-0.25, -0.2) is 0 Å². The van der Waals surface area contributed by atoms with Gasteiger partial charge in [0, 0.05) is 0 Å². The Morgan fingerprint density at radius 2 is 1.94 bits per heavy atom. The highest BCUT2D eigenvalue weighted by Gasteiger charge is 2.25. The van der Waals surface area contributed by atoms with Crippen LogP contribution >= 0.6 is 54.8 Å². The van der Waals surface area contributed by atoms with E-state index in [0.717, 1.165) is 14.0 Å². The van der Waals surface area contributed by atoms with Gasteiger partial charge < -0.3 is 0 Å². The van der Waals surface area contributed by atoms with Crippen molar-refractivity contribution in [2.24, 2.45) is 11.3 Å². The summed E-state index contributed by atoms with van der Waals surface area (Å²) in [7, 11) is 0. The van der Waals surface area contributed by atoms with Crippen molar-refractivity contribution < 1.29 is 0 Å². The molecule has 0 nitrogen and oxygen atoms in total. The van der Waals surface area contributed by atoms with Crippen molar-refractivity contribution >= 4 is 54.8 Å². The second kappa shape index (κ2) is 5.73. The van der Waals surface area contributed by atoms with Crippen molar-refractivity contribution in [3.8, 4) is 0 Å². The fraction of sp³-hybridized carbons (Fsp3) is 0.667. The predicted octanol–water partition coefficient (Wildman–Crippen LogP) is 6.63. The average molecular weight is 389 g/mol. The monoisotopic (exact) mass is 386 g/mol. The molecular formula is C12H17Br2ClS. The van der Waals surface area contributed by atoms with E-state index in [2.05, 4.69) is 65.6 Å². The van der Waals surface area contributed by atoms with Gasteiger partial charge in [-0.15, -0.1) is 22.9 Å². The number of alkyl halides is 1. The van der Waals surface area contributed by atoms with Gasteiger partial charge in [-0.1, -0.05) is 27.7 Å². The minimum atomic E-state index is 0.0890. The topological polar surface area (TPSA) is 0 Å². The molecule has 0 aromatic carbocycles. The van der Waals surface area contributed by atoms with Crippen molar-refractivity contribution in [1.82, 2.24) is 0 Å². The van der Waals surface area contributed by atoms with Crippen LogP contribution in [0.2, 0.25) is 0 Å². The van der Waals surface area contributed by atoms with Crippen molar-refractivity contribution in [2.75, 3.05) is 0 Å². The molecule has 0 saturated heterocycles. The number of hydrogen-bond donors (Lipinski definition) is 0. The largest absolute Gasteiger partial charge is 0.121 e. The number of thiophene rings is 1. The molecule has 0 N–H and O–H groups in total. The van der Waals surface area contributed by atoms with Crippen LogP contribution in [0, 0.1) is 11.3 Å². The summed E-state index contributed by atoms with van der Waals surface area (Å²) >= 11 is 15.2. The molecule has 2 unspecified atom stereocenters. The van der Waals surface area contributed by atoms with Crippen molar-refractivity contribution in [3.05, 3.63) is 19.2 Å². The minimum Gasteiger partial charge on any atom is -0.121 e. The smallest absolute Gasteiger partial charge is 0.0757 e. The maximum Gasteiger partial charge on any atom is 0.0757 e. The Bertz CT molecular complexity index is 354. The van der Waals surface area contributed by atoms with E-state index in [1.165, 1.54) is 5.56 Å². The Labute approximate surface area is 124 Å². The fourth-order valence-corrected chi connectivity index (χ4v) is 4.97. The van der Waals surface area contributed by atoms with Crippen LogP contribution in [-0.2, 0) is 0 Å². The quantitative estimate of drug-likeness (QED) is 0.510. The van der Waals surface area contributed by atoms with Gasteiger partial charge in [-0.05, 0) is 61.2 Å². The first kappa shape index (κ1) is 15.0. The lowest BCUT2D eigenvalue weighted by Gasteiger charge is -2.28. The van der Waals surface area contributed by atoms with Crippen LogP contribution in [0.1, 0.15) is 45.1 Å². The average Bonchev–Trinajstić information content (AvgIpc) is 2.43. The Morgan fingerprint density at radius 1 is 1.38 bits per heavy atom. The zero-order chi connectivity index (χ0) is 12.5. The van der Waals surface area contributed by atoms with Gasteiger partial charge >= 0.3 is 0 Å². The summed E-state index contributed by atoms with van der Waals surface area (Å²) in [5.74, 6) is 0.598. The molecule has 0 spiro atoms. The molecule has 92 valence electrons. The van der Waals surface area contributed by atoms with Crippen LogP contribution in [0.25, 0.3) is 0 Å². The first-order valence-corrected chi connectivity index (χ1v) is 8.14. The van der Waals surface area contributed by atoms with Crippen molar-refractivity contribution in [1.29, 1.82) is 0 Å². The van der Waals surface area contributed by atoms with Gasteiger partial charge in [-0.3, -0.25) is 0 Å². The molecule has 4 heteroatoms. The molecule has 0 bridgehead atoms. The van der Waals surface area contributed by atoms with E-state index in [0.29, 0.717) is 11.3 Å². The third-order valence-corrected chi connectivity index (χ3v) is 5.86. The summed E-state index contributed by atoms with van der Waals surface area (Å²) in [4.78, 5) is 0.